The van der Waals surface area contributed by atoms with Crippen molar-refractivity contribution in [2.45, 2.75) is 47.5 Å². The van der Waals surface area contributed by atoms with E-state index in [4.69, 9.17) is 0 Å². The van der Waals surface area contributed by atoms with Gasteiger partial charge in [0.2, 0.25) is 0 Å². The van der Waals surface area contributed by atoms with Crippen LogP contribution in [-0.2, 0) is 0 Å². The van der Waals surface area contributed by atoms with Crippen molar-refractivity contribution in [1.82, 2.24) is 4.98 Å². The molecule has 0 fully saturated rings. The van der Waals surface area contributed by atoms with Gasteiger partial charge in [-0.2, -0.15) is 0 Å². The number of fused-ring (bicyclic) bond motifs is 1. The summed E-state index contributed by atoms with van der Waals surface area (Å²) in [6.45, 7) is 11.0. The fourth-order valence-electron chi connectivity index (χ4n) is 2.06. The van der Waals surface area contributed by atoms with E-state index in [1.165, 1.54) is 17.4 Å². The van der Waals surface area contributed by atoms with Crippen LogP contribution in [0.2, 0.25) is 0 Å². The molecule has 0 spiro atoms. The lowest BCUT2D eigenvalue weighted by Crippen LogP contribution is -1.83. The molecule has 1 nitrogen and oxygen atoms in total. The van der Waals surface area contributed by atoms with E-state index in [1.807, 2.05) is 24.4 Å². The Morgan fingerprint density at radius 1 is 0.957 bits per heavy atom. The Kier molecular flexibility index (Phi) is 8.97. The van der Waals surface area contributed by atoms with Crippen LogP contribution >= 0.6 is 0 Å². The predicted molar refractivity (Wildman–Crippen MR) is 105 cm³/mol. The van der Waals surface area contributed by atoms with E-state index in [9.17, 15) is 0 Å². The zero-order chi connectivity index (χ0) is 17.1. The average molecular weight is 309 g/mol. The molecule has 0 saturated heterocycles. The van der Waals surface area contributed by atoms with E-state index in [-0.39, 0.29) is 0 Å². The van der Waals surface area contributed by atoms with Crippen molar-refractivity contribution < 1.29 is 0 Å². The van der Waals surface area contributed by atoms with Crippen molar-refractivity contribution in [3.8, 4) is 0 Å². The molecule has 2 aromatic rings. The number of pyridine rings is 1. The third kappa shape index (κ3) is 8.35. The lowest BCUT2D eigenvalue weighted by molar-refractivity contribution is 0.663. The summed E-state index contributed by atoms with van der Waals surface area (Å²) in [6.07, 6.45) is 12.9. The maximum Gasteiger partial charge on any atom is 0.0702 e. The van der Waals surface area contributed by atoms with E-state index in [0.717, 1.165) is 17.9 Å². The minimum Gasteiger partial charge on any atom is -0.256 e. The van der Waals surface area contributed by atoms with Gasteiger partial charge in [-0.3, -0.25) is 4.98 Å². The summed E-state index contributed by atoms with van der Waals surface area (Å²) in [7, 11) is 0. The zero-order valence-corrected chi connectivity index (χ0v) is 15.3. The van der Waals surface area contributed by atoms with Crippen LogP contribution in [0.5, 0.6) is 0 Å². The number of allylic oxidation sites excluding steroid dienone is 3. The fraction of sp³-hybridized carbons (Fsp3) is 0.409. The Bertz CT molecular complexity index is 621. The van der Waals surface area contributed by atoms with E-state index < -0.39 is 0 Å². The third-order valence-electron chi connectivity index (χ3n) is 3.37. The highest BCUT2D eigenvalue weighted by Crippen LogP contribution is 2.14. The Hall–Kier alpha value is -1.89. The topological polar surface area (TPSA) is 12.9 Å². The first-order chi connectivity index (χ1) is 11.0. The normalized spacial score (nSPS) is 11.6. The Morgan fingerprint density at radius 2 is 1.61 bits per heavy atom. The predicted octanol–water partition coefficient (Wildman–Crippen LogP) is 6.90. The molecule has 1 aromatic carbocycles. The number of hydrogen-bond donors (Lipinski definition) is 0. The van der Waals surface area contributed by atoms with E-state index >= 15 is 0 Å². The molecule has 23 heavy (non-hydrogen) atoms. The molecule has 0 unspecified atom stereocenters. The first-order valence-electron chi connectivity index (χ1n) is 8.65. The maximum absolute atomic E-state index is 4.43. The van der Waals surface area contributed by atoms with Crippen LogP contribution < -0.4 is 0 Å². The smallest absolute Gasteiger partial charge is 0.0702 e. The van der Waals surface area contributed by atoms with Crippen LogP contribution in [0.4, 0.5) is 0 Å². The van der Waals surface area contributed by atoms with Crippen molar-refractivity contribution in [2.75, 3.05) is 0 Å². The molecule has 1 aromatic heterocycles. The molecule has 1 heterocycles. The molecule has 0 saturated carbocycles. The number of benzene rings is 1. The first-order valence-corrected chi connectivity index (χ1v) is 8.65. The van der Waals surface area contributed by atoms with Crippen LogP contribution in [0.15, 0.2) is 54.8 Å². The average Bonchev–Trinajstić information content (AvgIpc) is 2.53. The van der Waals surface area contributed by atoms with Gasteiger partial charge in [-0.15, -0.1) is 0 Å². The molecule has 0 bridgehead atoms. The second kappa shape index (κ2) is 10.8. The summed E-state index contributed by atoms with van der Waals surface area (Å²) >= 11 is 0. The van der Waals surface area contributed by atoms with Gasteiger partial charge in [-0.1, -0.05) is 70.2 Å². The fourth-order valence-corrected chi connectivity index (χ4v) is 2.06. The molecular weight excluding hydrogens is 278 g/mol. The van der Waals surface area contributed by atoms with Gasteiger partial charge in [0.1, 0.15) is 0 Å². The molecule has 0 atom stereocenters. The first kappa shape index (κ1) is 19.2. The van der Waals surface area contributed by atoms with E-state index in [0.29, 0.717) is 5.92 Å². The number of para-hydroxylation sites is 1. The van der Waals surface area contributed by atoms with Gasteiger partial charge in [0.25, 0.3) is 0 Å². The number of rotatable bonds is 5. The maximum atomic E-state index is 4.43. The summed E-state index contributed by atoms with van der Waals surface area (Å²) in [6, 6.07) is 10.4. The molecule has 1 heteroatoms. The van der Waals surface area contributed by atoms with Gasteiger partial charge in [0.15, 0.2) is 0 Å². The number of nitrogens with zero attached hydrogens (tertiary/aromatic N) is 1. The SMILES string of the molecule is C/C=C/CC(C)C.CC(C)C/C=C/c1cnc2ccccc2c1. The third-order valence-corrected chi connectivity index (χ3v) is 3.37. The van der Waals surface area contributed by atoms with Crippen molar-refractivity contribution in [3.63, 3.8) is 0 Å². The highest BCUT2D eigenvalue weighted by Gasteiger charge is 1.94. The Balaban J connectivity index is 0.000000322. The van der Waals surface area contributed by atoms with Crippen LogP contribution in [0.3, 0.4) is 0 Å². The van der Waals surface area contributed by atoms with Gasteiger partial charge in [0.05, 0.1) is 5.52 Å². The molecule has 2 rings (SSSR count). The van der Waals surface area contributed by atoms with E-state index in [2.05, 4.69) is 76.0 Å². The lowest BCUT2D eigenvalue weighted by Gasteiger charge is -1.99. The Morgan fingerprint density at radius 3 is 2.22 bits per heavy atom. The van der Waals surface area contributed by atoms with Crippen LogP contribution in [-0.4, -0.2) is 4.98 Å². The van der Waals surface area contributed by atoms with E-state index in [1.54, 1.807) is 0 Å². The highest BCUT2D eigenvalue weighted by atomic mass is 14.6. The number of aromatic nitrogens is 1. The molecule has 124 valence electrons. The second-order valence-electron chi connectivity index (χ2n) is 6.69. The summed E-state index contributed by atoms with van der Waals surface area (Å²) in [5.74, 6) is 1.53. The molecule has 0 aliphatic rings. The number of hydrogen-bond acceptors (Lipinski definition) is 1. The van der Waals surface area contributed by atoms with Gasteiger partial charge >= 0.3 is 0 Å². The van der Waals surface area contributed by atoms with Crippen molar-refractivity contribution in [1.29, 1.82) is 0 Å². The minimum atomic E-state index is 0.713. The second-order valence-corrected chi connectivity index (χ2v) is 6.69. The molecule has 0 amide bonds. The van der Waals surface area contributed by atoms with Crippen LogP contribution in [0.1, 0.15) is 53.0 Å². The van der Waals surface area contributed by atoms with Crippen molar-refractivity contribution in [2.24, 2.45) is 11.8 Å². The minimum absolute atomic E-state index is 0.713. The molecule has 0 aliphatic heterocycles. The molecule has 0 aliphatic carbocycles. The highest BCUT2D eigenvalue weighted by molar-refractivity contribution is 5.80. The lowest BCUT2D eigenvalue weighted by atomic mass is 10.1. The zero-order valence-electron chi connectivity index (χ0n) is 15.3. The quantitative estimate of drug-likeness (QED) is 0.547. The van der Waals surface area contributed by atoms with Crippen LogP contribution in [0, 0.1) is 11.8 Å². The summed E-state index contributed by atoms with van der Waals surface area (Å²) in [4.78, 5) is 4.43. The van der Waals surface area contributed by atoms with Gasteiger partial charge in [0, 0.05) is 11.6 Å². The standard InChI is InChI=1S/C15H17N.C7H14/c1-12(2)6-5-7-13-10-14-8-3-4-9-15(14)16-11-13;1-4-5-6-7(2)3/h3-5,7-12H,6H2,1-2H3;4-5,7H,6H2,1-3H3/b7-5+;5-4+. The van der Waals surface area contributed by atoms with Gasteiger partial charge in [-0.25, -0.2) is 0 Å². The summed E-state index contributed by atoms with van der Waals surface area (Å²) < 4.78 is 0. The van der Waals surface area contributed by atoms with Crippen molar-refractivity contribution in [3.05, 3.63) is 60.3 Å². The van der Waals surface area contributed by atoms with Gasteiger partial charge < -0.3 is 0 Å². The summed E-state index contributed by atoms with van der Waals surface area (Å²) in [5.41, 5.74) is 2.24. The monoisotopic (exact) mass is 309 g/mol. The van der Waals surface area contributed by atoms with Gasteiger partial charge in [-0.05, 0) is 49.3 Å². The molecule has 0 N–H and O–H groups in total. The van der Waals surface area contributed by atoms with Crippen molar-refractivity contribution >= 4 is 17.0 Å². The largest absolute Gasteiger partial charge is 0.256 e. The summed E-state index contributed by atoms with van der Waals surface area (Å²) in [5, 5.41) is 1.20. The van der Waals surface area contributed by atoms with Crippen LogP contribution in [0.25, 0.3) is 17.0 Å². The Labute approximate surface area is 142 Å². The molecule has 0 radical (unpaired) electrons. The molecular formula is C22H31N.